The van der Waals surface area contributed by atoms with E-state index < -0.39 is 41.8 Å². The molecule has 0 heterocycles. The molecule has 0 nitrogen and oxygen atoms in total. The van der Waals surface area contributed by atoms with Gasteiger partial charge in [-0.15, -0.1) is 0 Å². The second-order valence-electron chi connectivity index (χ2n) is 3.98. The number of hydrogen-bond acceptors (Lipinski definition) is 0. The Labute approximate surface area is 140 Å². The second kappa shape index (κ2) is 5.08. The number of hydrogen-bond donors (Lipinski definition) is 0. The van der Waals surface area contributed by atoms with E-state index in [1.54, 1.807) is 0 Å². The van der Waals surface area contributed by atoms with Gasteiger partial charge >= 0.3 is 58.4 Å². The van der Waals surface area contributed by atoms with Crippen molar-refractivity contribution in [1.82, 2.24) is 0 Å². The molecule has 1 aliphatic rings. The van der Waals surface area contributed by atoms with E-state index in [1.165, 1.54) is 0 Å². The zero-order valence-electron chi connectivity index (χ0n) is 9.11. The Morgan fingerprint density at radius 2 is 1.56 bits per heavy atom. The summed E-state index contributed by atoms with van der Waals surface area (Å²) < 4.78 is 88.0. The van der Waals surface area contributed by atoms with Crippen LogP contribution in [-0.4, -0.2) is 12.9 Å². The monoisotopic (exact) mass is 296 g/mol. The fraction of sp³-hybridized carbons (Fsp3) is 0.333. The summed E-state index contributed by atoms with van der Waals surface area (Å²) in [5.74, 6) is -11.5. The second-order valence-corrected chi connectivity index (χ2v) is 3.98. The molecule has 0 bridgehead atoms. The van der Waals surface area contributed by atoms with Crippen molar-refractivity contribution in [1.29, 1.82) is 0 Å². The molecule has 0 N–H and O–H groups in total. The maximum absolute atomic E-state index is 13.0. The van der Waals surface area contributed by atoms with Crippen molar-refractivity contribution in [3.05, 3.63) is 35.4 Å². The molecule has 2 rings (SSSR count). The van der Waals surface area contributed by atoms with Crippen LogP contribution in [0.15, 0.2) is 18.2 Å². The van der Waals surface area contributed by atoms with Gasteiger partial charge in [0.25, 0.3) is 0 Å². The smallest absolute Gasteiger partial charge is 0.449 e. The summed E-state index contributed by atoms with van der Waals surface area (Å²) >= 11 is 0. The maximum atomic E-state index is 13.0. The van der Waals surface area contributed by atoms with Crippen LogP contribution in [0, 0.1) is 11.6 Å². The summed E-state index contributed by atoms with van der Waals surface area (Å²) in [6, 6.07) is 1.67. The average Bonchev–Trinajstić information content (AvgIpc) is 2.74. The fourth-order valence-corrected chi connectivity index (χ4v) is 1.96. The number of alkyl halides is 2. The van der Waals surface area contributed by atoms with Gasteiger partial charge in [0.2, 0.25) is 5.92 Å². The third-order valence-corrected chi connectivity index (χ3v) is 2.82. The maximum Gasteiger partial charge on any atom is 1.00 e. The van der Waals surface area contributed by atoms with Crippen molar-refractivity contribution in [3.63, 3.8) is 0 Å². The van der Waals surface area contributed by atoms with Gasteiger partial charge in [0.1, 0.15) is 0 Å². The van der Waals surface area contributed by atoms with Gasteiger partial charge < -0.3 is 12.9 Å². The molecule has 94 valence electrons. The molecular formula is C9H5BF7K. The zero-order chi connectivity index (χ0) is 13.0. The summed E-state index contributed by atoms with van der Waals surface area (Å²) in [4.78, 5) is 0. The molecule has 0 spiro atoms. The molecule has 0 aromatic heterocycles. The molecule has 1 aliphatic carbocycles. The first-order valence-corrected chi connectivity index (χ1v) is 4.68. The Kier molecular flexibility index (Phi) is 4.65. The molecule has 9 heteroatoms. The van der Waals surface area contributed by atoms with Crippen molar-refractivity contribution in [3.8, 4) is 0 Å². The molecule has 1 aromatic rings. The zero-order valence-corrected chi connectivity index (χ0v) is 12.2. The topological polar surface area (TPSA) is 0 Å². The minimum absolute atomic E-state index is 0. The van der Waals surface area contributed by atoms with E-state index in [-0.39, 0.29) is 51.4 Å². The van der Waals surface area contributed by atoms with Crippen LogP contribution >= 0.6 is 0 Å². The molecule has 0 amide bonds. The van der Waals surface area contributed by atoms with Gasteiger partial charge in [-0.25, -0.2) is 17.6 Å². The standard InChI is InChI=1S/C9H5BF7.K/c11-5-2-1-4(3-6(5)12)7-8(9(7,13)14)10(15,16)17;/h1-3,7-8H;/q-1;+1. The molecule has 2 unspecified atom stereocenters. The Balaban J connectivity index is 0.00000162. The van der Waals surface area contributed by atoms with Gasteiger partial charge in [-0.3, -0.25) is 0 Å². The van der Waals surface area contributed by atoms with Crippen molar-refractivity contribution in [2.75, 3.05) is 0 Å². The average molecular weight is 296 g/mol. The van der Waals surface area contributed by atoms with Crippen molar-refractivity contribution >= 4 is 6.98 Å². The van der Waals surface area contributed by atoms with E-state index in [0.29, 0.717) is 12.1 Å². The fourth-order valence-electron chi connectivity index (χ4n) is 1.96. The van der Waals surface area contributed by atoms with Crippen LogP contribution in [0.2, 0.25) is 5.82 Å². The van der Waals surface area contributed by atoms with Crippen molar-refractivity contribution in [2.24, 2.45) is 0 Å². The van der Waals surface area contributed by atoms with Crippen molar-refractivity contribution in [2.45, 2.75) is 17.7 Å². The Morgan fingerprint density at radius 3 is 1.94 bits per heavy atom. The van der Waals surface area contributed by atoms with Crippen LogP contribution in [0.25, 0.3) is 0 Å². The summed E-state index contributed by atoms with van der Waals surface area (Å²) in [6.07, 6.45) is 0. The first-order chi connectivity index (χ1) is 7.65. The van der Waals surface area contributed by atoms with Gasteiger partial charge in [-0.05, 0) is 17.7 Å². The largest absolute Gasteiger partial charge is 1.00 e. The molecule has 18 heavy (non-hydrogen) atoms. The molecule has 1 saturated carbocycles. The van der Waals surface area contributed by atoms with Gasteiger partial charge in [-0.2, -0.15) is 0 Å². The van der Waals surface area contributed by atoms with Crippen LogP contribution < -0.4 is 51.4 Å². The molecule has 0 aliphatic heterocycles. The van der Waals surface area contributed by atoms with E-state index >= 15 is 0 Å². The van der Waals surface area contributed by atoms with Crippen LogP contribution in [-0.2, 0) is 0 Å². The van der Waals surface area contributed by atoms with E-state index in [0.717, 1.165) is 6.07 Å². The predicted octanol–water partition coefficient (Wildman–Crippen LogP) is 0.919. The normalized spacial score (nSPS) is 25.5. The Morgan fingerprint density at radius 1 is 1.00 bits per heavy atom. The minimum atomic E-state index is -5.71. The molecule has 0 radical (unpaired) electrons. The molecule has 1 fully saturated rings. The SMILES string of the molecule is Fc1ccc(C2C([B-](F)(F)F)C2(F)F)cc1F.[K+]. The molecule has 0 saturated heterocycles. The molecule has 2 atom stereocenters. The minimum Gasteiger partial charge on any atom is -0.449 e. The number of halogens is 7. The van der Waals surface area contributed by atoms with E-state index in [9.17, 15) is 30.5 Å². The van der Waals surface area contributed by atoms with Crippen LogP contribution in [0.5, 0.6) is 0 Å². The number of benzene rings is 1. The van der Waals surface area contributed by atoms with Crippen molar-refractivity contribution < 1.29 is 81.9 Å². The van der Waals surface area contributed by atoms with E-state index in [2.05, 4.69) is 0 Å². The first kappa shape index (κ1) is 16.5. The van der Waals surface area contributed by atoms with Gasteiger partial charge in [0.15, 0.2) is 11.6 Å². The quantitative estimate of drug-likeness (QED) is 0.562. The molecular weight excluding hydrogens is 291 g/mol. The van der Waals surface area contributed by atoms with E-state index in [4.69, 9.17) is 0 Å². The summed E-state index contributed by atoms with van der Waals surface area (Å²) in [5, 5.41) is 0. The van der Waals surface area contributed by atoms with Gasteiger partial charge in [-0.1, -0.05) is 6.07 Å². The van der Waals surface area contributed by atoms with Crippen LogP contribution in [0.1, 0.15) is 11.5 Å². The third kappa shape index (κ3) is 2.79. The summed E-state index contributed by atoms with van der Waals surface area (Å²) in [7, 11) is 0. The predicted molar refractivity (Wildman–Crippen MR) is 46.9 cm³/mol. The van der Waals surface area contributed by atoms with E-state index in [1.807, 2.05) is 0 Å². The molecule has 1 aromatic carbocycles. The summed E-state index contributed by atoms with van der Waals surface area (Å²) in [6.45, 7) is -5.71. The summed E-state index contributed by atoms with van der Waals surface area (Å²) in [5.41, 5.74) is -0.530. The third-order valence-electron chi connectivity index (χ3n) is 2.82. The Hall–Kier alpha value is 0.431. The Bertz CT molecular complexity index is 459. The number of rotatable bonds is 2. The van der Waals surface area contributed by atoms with Crippen LogP contribution in [0.3, 0.4) is 0 Å². The van der Waals surface area contributed by atoms with Gasteiger partial charge in [0.05, 0.1) is 0 Å². The first-order valence-electron chi connectivity index (χ1n) is 4.68. The van der Waals surface area contributed by atoms with Crippen LogP contribution in [0.4, 0.5) is 30.5 Å². The van der Waals surface area contributed by atoms with Gasteiger partial charge in [0, 0.05) is 11.7 Å².